The zero-order valence-electron chi connectivity index (χ0n) is 13.6. The van der Waals surface area contributed by atoms with Gasteiger partial charge in [0.2, 0.25) is 0 Å². The van der Waals surface area contributed by atoms with Gasteiger partial charge in [0.25, 0.3) is 0 Å². The summed E-state index contributed by atoms with van der Waals surface area (Å²) in [7, 11) is 0. The highest BCUT2D eigenvalue weighted by atomic mass is 32.1. The van der Waals surface area contributed by atoms with Crippen molar-refractivity contribution in [3.8, 4) is 0 Å². The van der Waals surface area contributed by atoms with Crippen molar-refractivity contribution in [2.45, 2.75) is 45.2 Å². The molecule has 0 radical (unpaired) electrons. The van der Waals surface area contributed by atoms with Gasteiger partial charge in [-0.2, -0.15) is 0 Å². The number of nitrogens with one attached hydrogen (secondary N) is 1. The van der Waals surface area contributed by atoms with Gasteiger partial charge in [-0.25, -0.2) is 4.98 Å². The summed E-state index contributed by atoms with van der Waals surface area (Å²) in [5, 5.41) is 6.98. The van der Waals surface area contributed by atoms with Gasteiger partial charge in [0, 0.05) is 56.1 Å². The Morgan fingerprint density at radius 3 is 2.62 bits per heavy atom. The molecule has 3 rings (SSSR count). The number of nitrogens with zero attached hydrogens (tertiary/aromatic N) is 3. The predicted molar refractivity (Wildman–Crippen MR) is 88.9 cm³/mol. The van der Waals surface area contributed by atoms with E-state index in [4.69, 9.17) is 4.98 Å². The van der Waals surface area contributed by atoms with E-state index in [1.54, 1.807) is 0 Å². The van der Waals surface area contributed by atoms with Gasteiger partial charge >= 0.3 is 0 Å². The monoisotopic (exact) mass is 308 g/mol. The van der Waals surface area contributed by atoms with Crippen molar-refractivity contribution in [1.29, 1.82) is 0 Å². The summed E-state index contributed by atoms with van der Waals surface area (Å²) in [6.07, 6.45) is 1.32. The van der Waals surface area contributed by atoms with Gasteiger partial charge in [0.15, 0.2) is 0 Å². The lowest BCUT2D eigenvalue weighted by atomic mass is 9.98. The van der Waals surface area contributed by atoms with Gasteiger partial charge in [0.05, 0.1) is 10.7 Å². The van der Waals surface area contributed by atoms with Gasteiger partial charge in [-0.1, -0.05) is 20.8 Å². The molecule has 1 N–H and O–H groups in total. The molecule has 0 saturated carbocycles. The molecule has 1 unspecified atom stereocenters. The Kier molecular flexibility index (Phi) is 4.64. The lowest BCUT2D eigenvalue weighted by Gasteiger charge is -2.37. The molecule has 2 aliphatic heterocycles. The number of rotatable bonds is 3. The van der Waals surface area contributed by atoms with Crippen molar-refractivity contribution in [3.63, 3.8) is 0 Å². The molecule has 3 heterocycles. The van der Waals surface area contributed by atoms with E-state index in [1.165, 1.54) is 56.4 Å². The van der Waals surface area contributed by atoms with E-state index in [9.17, 15) is 0 Å². The SMILES string of the molecule is CC(C)(C)c1nc(CN2CCN(C3CCNC3)CC2)cs1. The first kappa shape index (κ1) is 15.4. The highest BCUT2D eigenvalue weighted by Gasteiger charge is 2.26. The lowest BCUT2D eigenvalue weighted by molar-refractivity contribution is 0.0974. The van der Waals surface area contributed by atoms with Crippen molar-refractivity contribution >= 4 is 11.3 Å². The van der Waals surface area contributed by atoms with E-state index < -0.39 is 0 Å². The quantitative estimate of drug-likeness (QED) is 0.924. The minimum Gasteiger partial charge on any atom is -0.315 e. The molecule has 118 valence electrons. The molecule has 0 aromatic carbocycles. The average Bonchev–Trinajstić information content (AvgIpc) is 3.09. The van der Waals surface area contributed by atoms with E-state index >= 15 is 0 Å². The summed E-state index contributed by atoms with van der Waals surface area (Å²) < 4.78 is 0. The van der Waals surface area contributed by atoms with Crippen molar-refractivity contribution in [1.82, 2.24) is 20.1 Å². The highest BCUT2D eigenvalue weighted by molar-refractivity contribution is 7.09. The maximum Gasteiger partial charge on any atom is 0.0982 e. The number of hydrogen-bond donors (Lipinski definition) is 1. The van der Waals surface area contributed by atoms with Crippen LogP contribution in [0.25, 0.3) is 0 Å². The molecular formula is C16H28N4S. The van der Waals surface area contributed by atoms with Crippen LogP contribution >= 0.6 is 11.3 Å². The molecule has 0 aliphatic carbocycles. The third-order valence-electron chi connectivity index (χ3n) is 4.54. The van der Waals surface area contributed by atoms with E-state index in [0.29, 0.717) is 0 Å². The molecule has 2 aliphatic rings. The smallest absolute Gasteiger partial charge is 0.0982 e. The van der Waals surface area contributed by atoms with Crippen molar-refractivity contribution < 1.29 is 0 Å². The van der Waals surface area contributed by atoms with Crippen LogP contribution in [0.2, 0.25) is 0 Å². The topological polar surface area (TPSA) is 31.4 Å². The molecular weight excluding hydrogens is 280 g/mol. The van der Waals surface area contributed by atoms with E-state index in [1.807, 2.05) is 11.3 Å². The average molecular weight is 308 g/mol. The standard InChI is InChI=1S/C16H28N4S/c1-16(2,3)15-18-13(12-21-15)11-19-6-8-20(9-7-19)14-4-5-17-10-14/h12,14,17H,4-11H2,1-3H3. The summed E-state index contributed by atoms with van der Waals surface area (Å²) in [4.78, 5) is 10.0. The first-order chi connectivity index (χ1) is 10.0. The fraction of sp³-hybridized carbons (Fsp3) is 0.812. The zero-order chi connectivity index (χ0) is 14.9. The Morgan fingerprint density at radius 2 is 2.05 bits per heavy atom. The number of thiazole rings is 1. The Labute approximate surface area is 132 Å². The molecule has 0 amide bonds. The molecule has 21 heavy (non-hydrogen) atoms. The number of piperazine rings is 1. The molecule has 0 bridgehead atoms. The predicted octanol–water partition coefficient (Wildman–Crippen LogP) is 1.92. The van der Waals surface area contributed by atoms with Crippen LogP contribution in [0.1, 0.15) is 37.9 Å². The third-order valence-corrected chi connectivity index (χ3v) is 5.85. The fourth-order valence-corrected chi connectivity index (χ4v) is 4.09. The second-order valence-electron chi connectivity index (χ2n) is 7.35. The Hall–Kier alpha value is -0.490. The summed E-state index contributed by atoms with van der Waals surface area (Å²) in [6.45, 7) is 14.9. The molecule has 0 spiro atoms. The minimum absolute atomic E-state index is 0.178. The Bertz CT molecular complexity index is 451. The fourth-order valence-electron chi connectivity index (χ4n) is 3.19. The van der Waals surface area contributed by atoms with Gasteiger partial charge in [-0.3, -0.25) is 9.80 Å². The summed E-state index contributed by atoms with van der Waals surface area (Å²) >= 11 is 1.81. The molecule has 1 aromatic heterocycles. The van der Waals surface area contributed by atoms with Gasteiger partial charge in [-0.05, 0) is 13.0 Å². The van der Waals surface area contributed by atoms with Gasteiger partial charge in [0.1, 0.15) is 0 Å². The first-order valence-corrected chi connectivity index (χ1v) is 9.02. The van der Waals surface area contributed by atoms with Crippen LogP contribution in [0.5, 0.6) is 0 Å². The normalized spacial score (nSPS) is 25.6. The maximum absolute atomic E-state index is 4.83. The molecule has 5 heteroatoms. The van der Waals surface area contributed by atoms with E-state index in [2.05, 4.69) is 41.3 Å². The van der Waals surface area contributed by atoms with Crippen molar-refractivity contribution in [2.75, 3.05) is 39.3 Å². The van der Waals surface area contributed by atoms with Crippen molar-refractivity contribution in [2.24, 2.45) is 0 Å². The second-order valence-corrected chi connectivity index (χ2v) is 8.21. The van der Waals surface area contributed by atoms with E-state index in [0.717, 1.165) is 12.6 Å². The first-order valence-electron chi connectivity index (χ1n) is 8.14. The Morgan fingerprint density at radius 1 is 1.29 bits per heavy atom. The summed E-state index contributed by atoms with van der Waals surface area (Å²) in [5.74, 6) is 0. The molecule has 1 atom stereocenters. The molecule has 2 saturated heterocycles. The third kappa shape index (κ3) is 3.83. The largest absolute Gasteiger partial charge is 0.315 e. The molecule has 2 fully saturated rings. The van der Waals surface area contributed by atoms with E-state index in [-0.39, 0.29) is 5.41 Å². The van der Waals surface area contributed by atoms with Crippen LogP contribution in [0.4, 0.5) is 0 Å². The maximum atomic E-state index is 4.83. The molecule has 1 aromatic rings. The number of aromatic nitrogens is 1. The minimum atomic E-state index is 0.178. The van der Waals surface area contributed by atoms with Crippen LogP contribution in [-0.4, -0.2) is 60.1 Å². The van der Waals surface area contributed by atoms with Crippen LogP contribution in [-0.2, 0) is 12.0 Å². The van der Waals surface area contributed by atoms with Crippen LogP contribution < -0.4 is 5.32 Å². The van der Waals surface area contributed by atoms with Crippen molar-refractivity contribution in [3.05, 3.63) is 16.1 Å². The van der Waals surface area contributed by atoms with Gasteiger partial charge in [-0.15, -0.1) is 11.3 Å². The summed E-state index contributed by atoms with van der Waals surface area (Å²) in [6, 6.07) is 0.777. The zero-order valence-corrected chi connectivity index (χ0v) is 14.4. The second kappa shape index (κ2) is 6.32. The van der Waals surface area contributed by atoms with Crippen LogP contribution in [0, 0.1) is 0 Å². The lowest BCUT2D eigenvalue weighted by Crippen LogP contribution is -2.50. The Balaban J connectivity index is 1.50. The van der Waals surface area contributed by atoms with Crippen LogP contribution in [0.15, 0.2) is 5.38 Å². The van der Waals surface area contributed by atoms with Gasteiger partial charge < -0.3 is 5.32 Å². The highest BCUT2D eigenvalue weighted by Crippen LogP contribution is 2.26. The summed E-state index contributed by atoms with van der Waals surface area (Å²) in [5.41, 5.74) is 1.43. The number of hydrogen-bond acceptors (Lipinski definition) is 5. The molecule has 4 nitrogen and oxygen atoms in total. The van der Waals surface area contributed by atoms with Crippen LogP contribution in [0.3, 0.4) is 0 Å².